The summed E-state index contributed by atoms with van der Waals surface area (Å²) in [5, 5.41) is 11.1. The molecule has 3 fully saturated rings. The number of nitrogens with zero attached hydrogens (tertiary/aromatic N) is 4. The van der Waals surface area contributed by atoms with E-state index >= 15 is 0 Å². The van der Waals surface area contributed by atoms with Crippen LogP contribution >= 0.6 is 11.8 Å². The summed E-state index contributed by atoms with van der Waals surface area (Å²) in [6.07, 6.45) is 3.86. The largest absolute Gasteiger partial charge is 0.368 e. The Hall–Kier alpha value is -3.40. The molecule has 1 saturated carbocycles. The zero-order valence-corrected chi connectivity index (χ0v) is 21.4. The van der Waals surface area contributed by atoms with Crippen LogP contribution in [-0.2, 0) is 9.59 Å². The average molecular weight is 525 g/mol. The first kappa shape index (κ1) is 25.3. The molecule has 3 unspecified atom stereocenters. The van der Waals surface area contributed by atoms with Gasteiger partial charge in [0.25, 0.3) is 11.6 Å². The Balaban J connectivity index is 1.19. The fraction of sp³-hybridized carbons (Fsp3) is 0.407. The van der Waals surface area contributed by atoms with Crippen molar-refractivity contribution in [2.75, 3.05) is 38.1 Å². The predicted molar refractivity (Wildman–Crippen MR) is 142 cm³/mol. The van der Waals surface area contributed by atoms with E-state index in [0.717, 1.165) is 18.5 Å². The second-order valence-corrected chi connectivity index (χ2v) is 11.0. The molecule has 2 aromatic carbocycles. The summed E-state index contributed by atoms with van der Waals surface area (Å²) in [4.78, 5) is 43.3. The van der Waals surface area contributed by atoms with Crippen molar-refractivity contribution in [3.05, 3.63) is 74.9 Å². The molecule has 2 saturated heterocycles. The fourth-order valence-electron chi connectivity index (χ4n) is 5.48. The van der Waals surface area contributed by atoms with Crippen LogP contribution in [-0.4, -0.2) is 71.1 Å². The van der Waals surface area contributed by atoms with Gasteiger partial charge in [-0.05, 0) is 43.5 Å². The molecule has 3 atom stereocenters. The van der Waals surface area contributed by atoms with Crippen LogP contribution in [0.25, 0.3) is 6.08 Å². The van der Waals surface area contributed by atoms with Crippen molar-refractivity contribution < 1.29 is 18.9 Å². The van der Waals surface area contributed by atoms with E-state index in [2.05, 4.69) is 4.90 Å². The predicted octanol–water partition coefficient (Wildman–Crippen LogP) is 4.17. The minimum atomic E-state index is -0.412. The Morgan fingerprint density at radius 3 is 2.46 bits per heavy atom. The lowest BCUT2D eigenvalue weighted by atomic mass is 9.83. The van der Waals surface area contributed by atoms with Crippen LogP contribution < -0.4 is 4.90 Å². The molecule has 0 spiro atoms. The Bertz CT molecular complexity index is 1230. The number of hydrogen-bond acceptors (Lipinski definition) is 6. The lowest BCUT2D eigenvalue weighted by Gasteiger charge is -2.45. The van der Waals surface area contributed by atoms with E-state index in [4.69, 9.17) is 0 Å². The zero-order valence-electron chi connectivity index (χ0n) is 20.6. The molecule has 2 aliphatic heterocycles. The van der Waals surface area contributed by atoms with E-state index in [0.29, 0.717) is 43.1 Å². The van der Waals surface area contributed by atoms with Crippen LogP contribution in [0.4, 0.5) is 15.8 Å². The summed E-state index contributed by atoms with van der Waals surface area (Å²) in [6, 6.07) is 12.9. The lowest BCUT2D eigenvalue weighted by Crippen LogP contribution is -2.55. The van der Waals surface area contributed by atoms with Gasteiger partial charge in [0.05, 0.1) is 9.83 Å². The van der Waals surface area contributed by atoms with Crippen molar-refractivity contribution in [3.8, 4) is 0 Å². The van der Waals surface area contributed by atoms with Crippen LogP contribution in [0.3, 0.4) is 0 Å². The smallest absolute Gasteiger partial charge is 0.269 e. The van der Waals surface area contributed by atoms with Gasteiger partial charge in [-0.15, -0.1) is 11.8 Å². The average Bonchev–Trinajstić information content (AvgIpc) is 2.92. The number of anilines is 1. The van der Waals surface area contributed by atoms with E-state index in [1.165, 1.54) is 30.0 Å². The SMILES string of the molecule is CN1C(=O)/C(=C/c2ccccc2F)SC2CCC(C(=O)N3CCN(c4ccc([N+](=O)[O-])cc4)CC3)CC21. The maximum atomic E-state index is 14.1. The van der Waals surface area contributed by atoms with Gasteiger partial charge in [-0.25, -0.2) is 4.39 Å². The number of thioether (sulfide) groups is 1. The van der Waals surface area contributed by atoms with Crippen LogP contribution in [0.5, 0.6) is 0 Å². The van der Waals surface area contributed by atoms with Crippen LogP contribution in [0, 0.1) is 21.8 Å². The van der Waals surface area contributed by atoms with Gasteiger partial charge in [0, 0.05) is 73.8 Å². The summed E-state index contributed by atoms with van der Waals surface area (Å²) in [6.45, 7) is 2.53. The molecule has 0 aromatic heterocycles. The molecule has 37 heavy (non-hydrogen) atoms. The topological polar surface area (TPSA) is 87.0 Å². The van der Waals surface area contributed by atoms with Gasteiger partial charge in [0.2, 0.25) is 5.91 Å². The van der Waals surface area contributed by atoms with Gasteiger partial charge in [-0.1, -0.05) is 18.2 Å². The summed E-state index contributed by atoms with van der Waals surface area (Å²) < 4.78 is 14.1. The van der Waals surface area contributed by atoms with E-state index in [1.807, 2.05) is 4.90 Å². The number of carbonyl (C=O) groups excluding carboxylic acids is 2. The highest BCUT2D eigenvalue weighted by Crippen LogP contribution is 2.43. The second kappa shape index (κ2) is 10.5. The van der Waals surface area contributed by atoms with Gasteiger partial charge in [-0.2, -0.15) is 0 Å². The number of likely N-dealkylation sites (N-methyl/N-ethyl adjacent to an activating group) is 1. The maximum absolute atomic E-state index is 14.1. The monoisotopic (exact) mass is 524 g/mol. The Morgan fingerprint density at radius 1 is 1.08 bits per heavy atom. The fourth-order valence-corrected chi connectivity index (χ4v) is 6.95. The van der Waals surface area contributed by atoms with Crippen molar-refractivity contribution in [3.63, 3.8) is 0 Å². The minimum absolute atomic E-state index is 0.0284. The number of nitro benzene ring substituents is 1. The van der Waals surface area contributed by atoms with E-state index < -0.39 is 4.92 Å². The summed E-state index contributed by atoms with van der Waals surface area (Å²) >= 11 is 1.51. The normalized spacial score (nSPS) is 25.2. The number of fused-ring (bicyclic) bond motifs is 1. The van der Waals surface area contributed by atoms with Gasteiger partial charge >= 0.3 is 0 Å². The number of carbonyl (C=O) groups is 2. The molecule has 2 amide bonds. The summed E-state index contributed by atoms with van der Waals surface area (Å²) in [5.41, 5.74) is 1.38. The quantitative estimate of drug-likeness (QED) is 0.339. The summed E-state index contributed by atoms with van der Waals surface area (Å²) in [7, 11) is 1.78. The van der Waals surface area contributed by atoms with Crippen LogP contribution in [0.2, 0.25) is 0 Å². The van der Waals surface area contributed by atoms with Crippen molar-refractivity contribution in [1.29, 1.82) is 0 Å². The van der Waals surface area contributed by atoms with Gasteiger partial charge < -0.3 is 14.7 Å². The molecular weight excluding hydrogens is 495 g/mol. The molecule has 0 radical (unpaired) electrons. The van der Waals surface area contributed by atoms with E-state index in [9.17, 15) is 24.1 Å². The molecular formula is C27H29FN4O4S. The molecule has 0 bridgehead atoms. The molecule has 194 valence electrons. The summed E-state index contributed by atoms with van der Waals surface area (Å²) in [5.74, 6) is -0.462. The number of halogens is 1. The number of nitro groups is 1. The standard InChI is InChI=1S/C27H29FN4O4S/c1-29-23-16-19(6-11-24(23)37-25(27(29)34)17-18-4-2-3-5-22(18)28)26(33)31-14-12-30(13-15-31)20-7-9-21(10-8-20)32(35)36/h2-5,7-10,17,19,23-24H,6,11-16H2,1H3/b25-17-. The molecule has 10 heteroatoms. The number of rotatable bonds is 4. The highest BCUT2D eigenvalue weighted by molar-refractivity contribution is 8.04. The molecule has 1 aliphatic carbocycles. The second-order valence-electron chi connectivity index (χ2n) is 9.77. The number of hydrogen-bond donors (Lipinski definition) is 0. The van der Waals surface area contributed by atoms with Crippen molar-refractivity contribution in [1.82, 2.24) is 9.80 Å². The van der Waals surface area contributed by atoms with Crippen molar-refractivity contribution in [2.24, 2.45) is 5.92 Å². The van der Waals surface area contributed by atoms with E-state index in [1.54, 1.807) is 48.4 Å². The first-order chi connectivity index (χ1) is 17.8. The van der Waals surface area contributed by atoms with Crippen LogP contribution in [0.1, 0.15) is 24.8 Å². The molecule has 8 nitrogen and oxygen atoms in total. The molecule has 2 aromatic rings. The van der Waals surface area contributed by atoms with E-state index in [-0.39, 0.29) is 40.5 Å². The highest BCUT2D eigenvalue weighted by Gasteiger charge is 2.43. The first-order valence-electron chi connectivity index (χ1n) is 12.5. The van der Waals surface area contributed by atoms with Gasteiger partial charge in [-0.3, -0.25) is 19.7 Å². The van der Waals surface area contributed by atoms with Gasteiger partial charge in [0.1, 0.15) is 5.82 Å². The molecule has 0 N–H and O–H groups in total. The Morgan fingerprint density at radius 2 is 1.78 bits per heavy atom. The molecule has 3 aliphatic rings. The first-order valence-corrected chi connectivity index (χ1v) is 13.4. The number of non-ortho nitro benzene ring substituents is 1. The maximum Gasteiger partial charge on any atom is 0.269 e. The number of amides is 2. The third-order valence-electron chi connectivity index (χ3n) is 7.62. The third-order valence-corrected chi connectivity index (χ3v) is 9.02. The minimum Gasteiger partial charge on any atom is -0.368 e. The third kappa shape index (κ3) is 5.20. The van der Waals surface area contributed by atoms with Crippen molar-refractivity contribution >= 4 is 41.0 Å². The van der Waals surface area contributed by atoms with Crippen LogP contribution in [0.15, 0.2) is 53.4 Å². The number of piperazine rings is 1. The lowest BCUT2D eigenvalue weighted by molar-refractivity contribution is -0.384. The Labute approximate surface area is 219 Å². The zero-order chi connectivity index (χ0) is 26.1. The number of benzene rings is 2. The molecule has 2 heterocycles. The van der Waals surface area contributed by atoms with Gasteiger partial charge in [0.15, 0.2) is 0 Å². The van der Waals surface area contributed by atoms with Crippen molar-refractivity contribution in [2.45, 2.75) is 30.6 Å². The molecule has 5 rings (SSSR count). The Kier molecular flexibility index (Phi) is 7.19. The highest BCUT2D eigenvalue weighted by atomic mass is 32.2.